The molecule has 0 radical (unpaired) electrons. The number of ether oxygens (including phenoxy) is 1. The minimum Gasteiger partial charge on any atom is -0.385 e. The number of methoxy groups -OCH3 is 1. The molecule has 106 valence electrons. The first-order valence-corrected chi connectivity index (χ1v) is 7.20. The fraction of sp³-hybridized carbons (Fsp3) is 0.462. The third-order valence-electron chi connectivity index (χ3n) is 2.56. The van der Waals surface area contributed by atoms with Crippen molar-refractivity contribution in [1.82, 2.24) is 5.32 Å². The highest BCUT2D eigenvalue weighted by Crippen LogP contribution is 2.12. The Morgan fingerprint density at radius 3 is 2.63 bits per heavy atom. The second kappa shape index (κ2) is 8.01. The van der Waals surface area contributed by atoms with Crippen molar-refractivity contribution in [1.29, 1.82) is 0 Å². The Morgan fingerprint density at radius 1 is 1.42 bits per heavy atom. The van der Waals surface area contributed by atoms with E-state index < -0.39 is 21.9 Å². The number of rotatable bonds is 7. The van der Waals surface area contributed by atoms with Crippen LogP contribution in [-0.4, -0.2) is 35.6 Å². The van der Waals surface area contributed by atoms with E-state index in [0.29, 0.717) is 24.5 Å². The molecule has 0 aromatic heterocycles. The van der Waals surface area contributed by atoms with E-state index in [4.69, 9.17) is 4.74 Å². The van der Waals surface area contributed by atoms with Crippen molar-refractivity contribution >= 4 is 16.7 Å². The highest BCUT2D eigenvalue weighted by Gasteiger charge is 2.20. The molecule has 1 aromatic rings. The van der Waals surface area contributed by atoms with E-state index in [1.54, 1.807) is 14.0 Å². The van der Waals surface area contributed by atoms with Crippen molar-refractivity contribution < 1.29 is 18.1 Å². The van der Waals surface area contributed by atoms with Gasteiger partial charge in [0.2, 0.25) is 5.91 Å². The Balaban J connectivity index is 2.51. The Kier molecular flexibility index (Phi) is 6.66. The van der Waals surface area contributed by atoms with Crippen molar-refractivity contribution in [3.8, 4) is 0 Å². The zero-order valence-electron chi connectivity index (χ0n) is 11.0. The highest BCUT2D eigenvalue weighted by atomic mass is 32.2. The number of carbonyl (C=O) groups excluding carboxylic acids is 1. The predicted octanol–water partition coefficient (Wildman–Crippen LogP) is 1.47. The van der Waals surface area contributed by atoms with E-state index in [2.05, 4.69) is 5.32 Å². The van der Waals surface area contributed by atoms with E-state index >= 15 is 0 Å². The summed E-state index contributed by atoms with van der Waals surface area (Å²) in [5.41, 5.74) is 0. The van der Waals surface area contributed by atoms with Gasteiger partial charge < -0.3 is 10.1 Å². The topological polar surface area (TPSA) is 55.4 Å². The maximum atomic E-state index is 12.8. The predicted molar refractivity (Wildman–Crippen MR) is 71.8 cm³/mol. The summed E-state index contributed by atoms with van der Waals surface area (Å²) >= 11 is 0. The lowest BCUT2D eigenvalue weighted by Gasteiger charge is -2.12. The van der Waals surface area contributed by atoms with Crippen LogP contribution in [0.25, 0.3) is 0 Å². The standard InChI is InChI=1S/C13H18FNO3S/c1-10(13(16)15-8-3-9-18-2)19(17)12-6-4-11(14)5-7-12/h4-7,10H,3,8-9H2,1-2H3,(H,15,16). The fourth-order valence-corrected chi connectivity index (χ4v) is 2.53. The molecule has 0 spiro atoms. The maximum Gasteiger partial charge on any atom is 0.235 e. The number of halogens is 1. The molecule has 1 N–H and O–H groups in total. The molecule has 2 atom stereocenters. The third kappa shape index (κ3) is 5.08. The molecule has 0 heterocycles. The molecule has 19 heavy (non-hydrogen) atoms. The van der Waals surface area contributed by atoms with Gasteiger partial charge in [-0.05, 0) is 37.6 Å². The molecule has 6 heteroatoms. The van der Waals surface area contributed by atoms with Crippen molar-refractivity contribution in [3.63, 3.8) is 0 Å². The van der Waals surface area contributed by atoms with Gasteiger partial charge in [0, 0.05) is 25.2 Å². The molecule has 1 amide bonds. The van der Waals surface area contributed by atoms with Crippen LogP contribution in [0.15, 0.2) is 29.2 Å². The minimum absolute atomic E-state index is 0.279. The molecule has 1 aromatic carbocycles. The maximum absolute atomic E-state index is 12.8. The minimum atomic E-state index is -1.48. The molecule has 0 aliphatic heterocycles. The van der Waals surface area contributed by atoms with Gasteiger partial charge in [-0.1, -0.05) is 0 Å². The number of nitrogens with one attached hydrogen (secondary N) is 1. The van der Waals surface area contributed by atoms with Gasteiger partial charge in [-0.3, -0.25) is 9.00 Å². The van der Waals surface area contributed by atoms with Gasteiger partial charge in [0.15, 0.2) is 0 Å². The van der Waals surface area contributed by atoms with Crippen LogP contribution in [0.1, 0.15) is 13.3 Å². The monoisotopic (exact) mass is 287 g/mol. The van der Waals surface area contributed by atoms with Crippen LogP contribution in [-0.2, 0) is 20.3 Å². The molecule has 0 saturated carbocycles. The zero-order chi connectivity index (χ0) is 14.3. The summed E-state index contributed by atoms with van der Waals surface area (Å²) < 4.78 is 29.7. The molecule has 0 aliphatic carbocycles. The Labute approximate surface area is 114 Å². The molecule has 0 bridgehead atoms. The van der Waals surface area contributed by atoms with Gasteiger partial charge in [0.05, 0.1) is 10.8 Å². The van der Waals surface area contributed by atoms with Crippen molar-refractivity contribution in [2.75, 3.05) is 20.3 Å². The summed E-state index contributed by atoms with van der Waals surface area (Å²) in [6.07, 6.45) is 0.706. The summed E-state index contributed by atoms with van der Waals surface area (Å²) in [4.78, 5) is 12.2. The van der Waals surface area contributed by atoms with Gasteiger partial charge in [-0.2, -0.15) is 0 Å². The average Bonchev–Trinajstić information content (AvgIpc) is 2.42. The number of benzene rings is 1. The van der Waals surface area contributed by atoms with E-state index in [9.17, 15) is 13.4 Å². The Morgan fingerprint density at radius 2 is 2.05 bits per heavy atom. The number of hydrogen-bond acceptors (Lipinski definition) is 3. The van der Waals surface area contributed by atoms with Crippen LogP contribution in [0.5, 0.6) is 0 Å². The number of hydrogen-bond donors (Lipinski definition) is 1. The van der Waals surface area contributed by atoms with Crippen molar-refractivity contribution in [3.05, 3.63) is 30.1 Å². The van der Waals surface area contributed by atoms with Crippen molar-refractivity contribution in [2.45, 2.75) is 23.5 Å². The van der Waals surface area contributed by atoms with Crippen LogP contribution in [0, 0.1) is 5.82 Å². The second-order valence-corrected chi connectivity index (χ2v) is 5.80. The first-order valence-electron chi connectivity index (χ1n) is 5.99. The normalized spacial score (nSPS) is 13.8. The van der Waals surface area contributed by atoms with Crippen LogP contribution in [0.4, 0.5) is 4.39 Å². The molecule has 1 rings (SSSR count). The second-order valence-electron chi connectivity index (χ2n) is 4.03. The summed E-state index contributed by atoms with van der Waals surface area (Å²) in [5, 5.41) is 2.02. The van der Waals surface area contributed by atoms with E-state index in [1.807, 2.05) is 0 Å². The Bertz CT molecular complexity index is 436. The van der Waals surface area contributed by atoms with Gasteiger partial charge in [0.25, 0.3) is 0 Å². The SMILES string of the molecule is COCCCNC(=O)C(C)S(=O)c1ccc(F)cc1. The van der Waals surface area contributed by atoms with Crippen molar-refractivity contribution in [2.24, 2.45) is 0 Å². The fourth-order valence-electron chi connectivity index (χ4n) is 1.44. The average molecular weight is 287 g/mol. The molecular weight excluding hydrogens is 269 g/mol. The van der Waals surface area contributed by atoms with E-state index in [1.165, 1.54) is 24.3 Å². The summed E-state index contributed by atoms with van der Waals surface area (Å²) in [6, 6.07) is 5.33. The largest absolute Gasteiger partial charge is 0.385 e. The molecule has 2 unspecified atom stereocenters. The van der Waals surface area contributed by atoms with Gasteiger partial charge in [-0.25, -0.2) is 4.39 Å². The molecule has 0 aliphatic rings. The van der Waals surface area contributed by atoms with Gasteiger partial charge >= 0.3 is 0 Å². The number of carbonyl (C=O) groups is 1. The van der Waals surface area contributed by atoms with Gasteiger partial charge in [0.1, 0.15) is 11.1 Å². The lowest BCUT2D eigenvalue weighted by Crippen LogP contribution is -2.36. The van der Waals surface area contributed by atoms with E-state index in [-0.39, 0.29) is 5.91 Å². The molecular formula is C13H18FNO3S. The quantitative estimate of drug-likeness (QED) is 0.773. The first kappa shape index (κ1) is 15.8. The third-order valence-corrected chi connectivity index (χ3v) is 4.15. The smallest absolute Gasteiger partial charge is 0.235 e. The van der Waals surface area contributed by atoms with Crippen LogP contribution in [0.2, 0.25) is 0 Å². The summed E-state index contributed by atoms with van der Waals surface area (Å²) in [6.45, 7) is 2.64. The van der Waals surface area contributed by atoms with E-state index in [0.717, 1.165) is 0 Å². The summed E-state index contributed by atoms with van der Waals surface area (Å²) in [7, 11) is 0.108. The van der Waals surface area contributed by atoms with Crippen LogP contribution >= 0.6 is 0 Å². The molecule has 4 nitrogen and oxygen atoms in total. The van der Waals surface area contributed by atoms with Crippen LogP contribution < -0.4 is 5.32 Å². The zero-order valence-corrected chi connectivity index (χ0v) is 11.8. The molecule has 0 fully saturated rings. The van der Waals surface area contributed by atoms with Crippen LogP contribution in [0.3, 0.4) is 0 Å². The molecule has 0 saturated heterocycles. The number of amides is 1. The highest BCUT2D eigenvalue weighted by molar-refractivity contribution is 7.86. The Hall–Kier alpha value is -1.27. The first-order chi connectivity index (χ1) is 9.06. The lowest BCUT2D eigenvalue weighted by atomic mass is 10.3. The van der Waals surface area contributed by atoms with Gasteiger partial charge in [-0.15, -0.1) is 0 Å². The summed E-state index contributed by atoms with van der Waals surface area (Å²) in [5.74, 6) is -0.670. The lowest BCUT2D eigenvalue weighted by molar-refractivity contribution is -0.120.